The van der Waals surface area contributed by atoms with Crippen LogP contribution in [-0.2, 0) is 6.42 Å². The predicted molar refractivity (Wildman–Crippen MR) is 49.5 cm³/mol. The number of aryl methyl sites for hydroxylation is 1. The van der Waals surface area contributed by atoms with E-state index in [4.69, 9.17) is 4.74 Å². The Labute approximate surface area is 73.4 Å². The molecule has 0 spiro atoms. The zero-order chi connectivity index (χ0) is 8.39. The summed E-state index contributed by atoms with van der Waals surface area (Å²) in [5, 5.41) is 0. The van der Waals surface area contributed by atoms with Gasteiger partial charge in [0.2, 0.25) is 0 Å². The largest absolute Gasteiger partial charge is 0.490 e. The molecule has 2 rings (SSSR count). The molecule has 0 amide bonds. The van der Waals surface area contributed by atoms with Gasteiger partial charge < -0.3 is 4.74 Å². The normalized spacial score (nSPS) is 22.2. The van der Waals surface area contributed by atoms with Crippen molar-refractivity contribution < 1.29 is 4.74 Å². The minimum absolute atomic E-state index is 0.383. The van der Waals surface area contributed by atoms with Crippen molar-refractivity contribution in [3.63, 3.8) is 0 Å². The Bertz CT molecular complexity index is 267. The first kappa shape index (κ1) is 7.66. The molecule has 64 valence electrons. The van der Waals surface area contributed by atoms with Gasteiger partial charge in [-0.05, 0) is 37.8 Å². The molecule has 1 heterocycles. The molecule has 1 atom stereocenters. The molecule has 12 heavy (non-hydrogen) atoms. The standard InChI is InChI=1S/C11H14O/c1-9-5-4-7-10-6-2-3-8-11(10)12-9/h2-3,6,8-9H,4-5,7H2,1H3/t9-/m1/s1. The molecule has 0 saturated carbocycles. The van der Waals surface area contributed by atoms with Crippen molar-refractivity contribution in [1.82, 2.24) is 0 Å². The lowest BCUT2D eigenvalue weighted by Crippen LogP contribution is -2.09. The van der Waals surface area contributed by atoms with Crippen LogP contribution in [0.25, 0.3) is 0 Å². The average molecular weight is 162 g/mol. The summed E-state index contributed by atoms with van der Waals surface area (Å²) in [4.78, 5) is 0. The lowest BCUT2D eigenvalue weighted by molar-refractivity contribution is 0.216. The second kappa shape index (κ2) is 3.18. The molecular formula is C11H14O. The van der Waals surface area contributed by atoms with Crippen molar-refractivity contribution in [1.29, 1.82) is 0 Å². The van der Waals surface area contributed by atoms with Crippen molar-refractivity contribution in [2.45, 2.75) is 32.3 Å². The molecule has 1 aromatic carbocycles. The molecule has 0 bridgehead atoms. The maximum absolute atomic E-state index is 5.76. The van der Waals surface area contributed by atoms with Crippen LogP contribution < -0.4 is 4.74 Å². The van der Waals surface area contributed by atoms with Gasteiger partial charge in [0.1, 0.15) is 5.75 Å². The molecule has 0 aliphatic carbocycles. The Kier molecular flexibility index (Phi) is 2.03. The number of hydrogen-bond acceptors (Lipinski definition) is 1. The van der Waals surface area contributed by atoms with E-state index < -0.39 is 0 Å². The van der Waals surface area contributed by atoms with E-state index in [0.29, 0.717) is 6.10 Å². The average Bonchev–Trinajstić information content (AvgIpc) is 2.25. The smallest absolute Gasteiger partial charge is 0.122 e. The van der Waals surface area contributed by atoms with Gasteiger partial charge in [0, 0.05) is 0 Å². The number of fused-ring (bicyclic) bond motifs is 1. The van der Waals surface area contributed by atoms with Crippen LogP contribution in [0.5, 0.6) is 5.75 Å². The van der Waals surface area contributed by atoms with Crippen LogP contribution in [-0.4, -0.2) is 6.10 Å². The quantitative estimate of drug-likeness (QED) is 0.570. The highest BCUT2D eigenvalue weighted by Crippen LogP contribution is 2.25. The fourth-order valence-electron chi connectivity index (χ4n) is 1.68. The molecule has 0 N–H and O–H groups in total. The molecule has 1 aliphatic rings. The minimum atomic E-state index is 0.383. The monoisotopic (exact) mass is 162 g/mol. The second-order valence-corrected chi connectivity index (χ2v) is 3.43. The van der Waals surface area contributed by atoms with E-state index >= 15 is 0 Å². The third-order valence-electron chi connectivity index (χ3n) is 2.36. The van der Waals surface area contributed by atoms with E-state index in [2.05, 4.69) is 25.1 Å². The minimum Gasteiger partial charge on any atom is -0.490 e. The summed E-state index contributed by atoms with van der Waals surface area (Å²) in [6, 6.07) is 8.35. The fourth-order valence-corrected chi connectivity index (χ4v) is 1.68. The zero-order valence-electron chi connectivity index (χ0n) is 7.42. The Morgan fingerprint density at radius 3 is 3.08 bits per heavy atom. The summed E-state index contributed by atoms with van der Waals surface area (Å²) in [7, 11) is 0. The molecule has 0 aromatic heterocycles. The molecule has 0 saturated heterocycles. The number of hydrogen-bond donors (Lipinski definition) is 0. The van der Waals surface area contributed by atoms with E-state index in [1.807, 2.05) is 6.07 Å². The van der Waals surface area contributed by atoms with Gasteiger partial charge >= 0.3 is 0 Å². The lowest BCUT2D eigenvalue weighted by atomic mass is 10.1. The molecule has 1 nitrogen and oxygen atoms in total. The van der Waals surface area contributed by atoms with Crippen molar-refractivity contribution in [2.75, 3.05) is 0 Å². The van der Waals surface area contributed by atoms with Crippen LogP contribution in [0.3, 0.4) is 0 Å². The Hall–Kier alpha value is -0.980. The highest BCUT2D eigenvalue weighted by molar-refractivity contribution is 5.34. The van der Waals surface area contributed by atoms with Crippen molar-refractivity contribution in [2.24, 2.45) is 0 Å². The van der Waals surface area contributed by atoms with Gasteiger partial charge in [-0.3, -0.25) is 0 Å². The van der Waals surface area contributed by atoms with Crippen LogP contribution in [0.2, 0.25) is 0 Å². The van der Waals surface area contributed by atoms with Crippen LogP contribution >= 0.6 is 0 Å². The summed E-state index contributed by atoms with van der Waals surface area (Å²) in [6.07, 6.45) is 3.97. The van der Waals surface area contributed by atoms with Gasteiger partial charge in [-0.25, -0.2) is 0 Å². The molecule has 1 aromatic rings. The first-order chi connectivity index (χ1) is 5.86. The first-order valence-electron chi connectivity index (χ1n) is 4.61. The molecule has 1 aliphatic heterocycles. The van der Waals surface area contributed by atoms with Crippen molar-refractivity contribution >= 4 is 0 Å². The fraction of sp³-hybridized carbons (Fsp3) is 0.455. The van der Waals surface area contributed by atoms with Crippen LogP contribution in [0, 0.1) is 0 Å². The maximum atomic E-state index is 5.76. The van der Waals surface area contributed by atoms with Crippen molar-refractivity contribution in [3.8, 4) is 5.75 Å². The Morgan fingerprint density at radius 2 is 2.17 bits per heavy atom. The SMILES string of the molecule is C[C@@H]1CCCc2ccccc2O1. The Balaban J connectivity index is 2.31. The Morgan fingerprint density at radius 1 is 1.33 bits per heavy atom. The number of rotatable bonds is 0. The highest BCUT2D eigenvalue weighted by atomic mass is 16.5. The summed E-state index contributed by atoms with van der Waals surface area (Å²) < 4.78 is 5.76. The predicted octanol–water partition coefficient (Wildman–Crippen LogP) is 2.79. The van der Waals surface area contributed by atoms with E-state index in [0.717, 1.165) is 5.75 Å². The van der Waals surface area contributed by atoms with Gasteiger partial charge in [-0.1, -0.05) is 18.2 Å². The van der Waals surface area contributed by atoms with Gasteiger partial charge in [0.05, 0.1) is 6.10 Å². The number of para-hydroxylation sites is 1. The molecule has 0 radical (unpaired) electrons. The summed E-state index contributed by atoms with van der Waals surface area (Å²) in [5.74, 6) is 1.09. The van der Waals surface area contributed by atoms with Gasteiger partial charge in [-0.15, -0.1) is 0 Å². The van der Waals surface area contributed by atoms with E-state index in [1.54, 1.807) is 0 Å². The van der Waals surface area contributed by atoms with Crippen LogP contribution in [0.15, 0.2) is 24.3 Å². The molecule has 0 unspecified atom stereocenters. The van der Waals surface area contributed by atoms with Crippen LogP contribution in [0.4, 0.5) is 0 Å². The van der Waals surface area contributed by atoms with Gasteiger partial charge in [0.25, 0.3) is 0 Å². The van der Waals surface area contributed by atoms with E-state index in [1.165, 1.54) is 24.8 Å². The summed E-state index contributed by atoms with van der Waals surface area (Å²) in [6.45, 7) is 2.14. The van der Waals surface area contributed by atoms with Gasteiger partial charge in [0.15, 0.2) is 0 Å². The zero-order valence-corrected chi connectivity index (χ0v) is 7.42. The van der Waals surface area contributed by atoms with Crippen LogP contribution in [0.1, 0.15) is 25.3 Å². The maximum Gasteiger partial charge on any atom is 0.122 e. The van der Waals surface area contributed by atoms with Gasteiger partial charge in [-0.2, -0.15) is 0 Å². The highest BCUT2D eigenvalue weighted by Gasteiger charge is 2.12. The second-order valence-electron chi connectivity index (χ2n) is 3.43. The third kappa shape index (κ3) is 1.45. The molecule has 0 fully saturated rings. The van der Waals surface area contributed by atoms with Crippen molar-refractivity contribution in [3.05, 3.63) is 29.8 Å². The van der Waals surface area contributed by atoms with E-state index in [9.17, 15) is 0 Å². The lowest BCUT2D eigenvalue weighted by Gasteiger charge is -2.11. The summed E-state index contributed by atoms with van der Waals surface area (Å²) in [5.41, 5.74) is 1.36. The molecular weight excluding hydrogens is 148 g/mol. The first-order valence-corrected chi connectivity index (χ1v) is 4.61. The van der Waals surface area contributed by atoms with E-state index in [-0.39, 0.29) is 0 Å². The number of ether oxygens (including phenoxy) is 1. The number of benzene rings is 1. The topological polar surface area (TPSA) is 9.23 Å². The molecule has 1 heteroatoms. The summed E-state index contributed by atoms with van der Waals surface area (Å²) >= 11 is 0. The third-order valence-corrected chi connectivity index (χ3v) is 2.36.